The second kappa shape index (κ2) is 10.4. The first-order valence-corrected chi connectivity index (χ1v) is 8.87. The van der Waals surface area contributed by atoms with Gasteiger partial charge in [0.25, 0.3) is 0 Å². The van der Waals surface area contributed by atoms with Gasteiger partial charge in [0.2, 0.25) is 0 Å². The van der Waals surface area contributed by atoms with Crippen LogP contribution in [0, 0.1) is 0 Å². The molecule has 122 valence electrons. The zero-order valence-corrected chi connectivity index (χ0v) is 13.9. The lowest BCUT2D eigenvalue weighted by Crippen LogP contribution is -2.05. The number of rotatable bonds is 12. The second-order valence-corrected chi connectivity index (χ2v) is 6.09. The van der Waals surface area contributed by atoms with E-state index in [1.807, 2.05) is 6.07 Å². The molecule has 0 N–H and O–H groups in total. The maximum Gasteiger partial charge on any atom is 0.122 e. The van der Waals surface area contributed by atoms with Crippen molar-refractivity contribution in [1.82, 2.24) is 0 Å². The Bertz CT molecular complexity index is 435. The van der Waals surface area contributed by atoms with Gasteiger partial charge in [0.1, 0.15) is 18.5 Å². The monoisotopic (exact) mass is 302 g/mol. The van der Waals surface area contributed by atoms with Crippen LogP contribution in [0.25, 0.3) is 0 Å². The van der Waals surface area contributed by atoms with Crippen LogP contribution in [-0.2, 0) is 11.2 Å². The largest absolute Gasteiger partial charge is 0.491 e. The molecule has 0 aromatic heterocycles. The molecule has 1 aromatic rings. The third-order valence-electron chi connectivity index (χ3n) is 4.02. The van der Waals surface area contributed by atoms with Crippen molar-refractivity contribution >= 4 is 0 Å². The van der Waals surface area contributed by atoms with Gasteiger partial charge in [-0.15, -0.1) is 0 Å². The van der Waals surface area contributed by atoms with Crippen LogP contribution in [0.4, 0.5) is 0 Å². The van der Waals surface area contributed by atoms with Crippen molar-refractivity contribution in [3.63, 3.8) is 0 Å². The Morgan fingerprint density at radius 1 is 1.09 bits per heavy atom. The van der Waals surface area contributed by atoms with E-state index in [0.717, 1.165) is 25.2 Å². The molecule has 1 unspecified atom stereocenters. The number of aryl methyl sites for hydroxylation is 1. The summed E-state index contributed by atoms with van der Waals surface area (Å²) in [6.45, 7) is 3.80. The first kappa shape index (κ1) is 17.1. The van der Waals surface area contributed by atoms with Gasteiger partial charge in [-0.05, 0) is 37.3 Å². The molecule has 1 saturated heterocycles. The van der Waals surface area contributed by atoms with E-state index in [4.69, 9.17) is 9.47 Å². The molecule has 0 amide bonds. The number of para-hydroxylation sites is 1. The molecule has 2 nitrogen and oxygen atoms in total. The standard InChI is InChI=1S/C20H30O2/c1-2-3-4-5-6-7-8-9-10-13-18-14-11-12-15-20(18)22-17-19-16-21-19/h8-9,11-12,14-15,19H,2-7,10,13,16-17H2,1H3/b9-8+. The summed E-state index contributed by atoms with van der Waals surface area (Å²) in [6, 6.07) is 8.36. The molecule has 1 atom stereocenters. The number of ether oxygens (including phenoxy) is 2. The average Bonchev–Trinajstić information content (AvgIpc) is 3.36. The van der Waals surface area contributed by atoms with Crippen LogP contribution in [0.3, 0.4) is 0 Å². The smallest absolute Gasteiger partial charge is 0.122 e. The summed E-state index contributed by atoms with van der Waals surface area (Å²) >= 11 is 0. The minimum atomic E-state index is 0.320. The highest BCUT2D eigenvalue weighted by molar-refractivity contribution is 5.33. The fourth-order valence-corrected chi connectivity index (χ4v) is 2.54. The van der Waals surface area contributed by atoms with E-state index in [0.29, 0.717) is 12.7 Å². The van der Waals surface area contributed by atoms with Gasteiger partial charge >= 0.3 is 0 Å². The molecule has 2 heteroatoms. The highest BCUT2D eigenvalue weighted by Gasteiger charge is 2.23. The first-order valence-electron chi connectivity index (χ1n) is 8.87. The van der Waals surface area contributed by atoms with Crippen LogP contribution in [0.1, 0.15) is 57.4 Å². The summed E-state index contributed by atoms with van der Waals surface area (Å²) in [7, 11) is 0. The van der Waals surface area contributed by atoms with Gasteiger partial charge in [-0.2, -0.15) is 0 Å². The zero-order chi connectivity index (χ0) is 15.5. The summed E-state index contributed by atoms with van der Waals surface area (Å²) in [5.41, 5.74) is 1.30. The van der Waals surface area contributed by atoms with E-state index in [2.05, 4.69) is 37.3 Å². The van der Waals surface area contributed by atoms with E-state index < -0.39 is 0 Å². The van der Waals surface area contributed by atoms with Gasteiger partial charge in [0, 0.05) is 0 Å². The Morgan fingerprint density at radius 3 is 2.68 bits per heavy atom. The minimum Gasteiger partial charge on any atom is -0.491 e. The lowest BCUT2D eigenvalue weighted by molar-refractivity contribution is 0.261. The Labute approximate surface area is 135 Å². The molecule has 1 heterocycles. The molecule has 1 aliphatic rings. The second-order valence-electron chi connectivity index (χ2n) is 6.09. The molecular formula is C20H30O2. The summed E-state index contributed by atoms with van der Waals surface area (Å²) in [6.07, 6.45) is 15.1. The number of hydrogen-bond donors (Lipinski definition) is 0. The van der Waals surface area contributed by atoms with Crippen molar-refractivity contribution in [2.45, 2.75) is 64.4 Å². The Hall–Kier alpha value is -1.28. The molecule has 0 spiro atoms. The molecule has 0 radical (unpaired) electrons. The fraction of sp³-hybridized carbons (Fsp3) is 0.600. The molecular weight excluding hydrogens is 272 g/mol. The number of unbranched alkanes of at least 4 members (excludes halogenated alkanes) is 5. The van der Waals surface area contributed by atoms with Crippen LogP contribution < -0.4 is 4.74 Å². The van der Waals surface area contributed by atoms with Crippen molar-refractivity contribution in [2.24, 2.45) is 0 Å². The number of hydrogen-bond acceptors (Lipinski definition) is 2. The molecule has 1 fully saturated rings. The van der Waals surface area contributed by atoms with Gasteiger partial charge < -0.3 is 9.47 Å². The SMILES string of the molecule is CCCCCCC/C=C/CCc1ccccc1OCC1CO1. The molecule has 2 rings (SSSR count). The van der Waals surface area contributed by atoms with E-state index in [1.165, 1.54) is 44.1 Å². The van der Waals surface area contributed by atoms with E-state index >= 15 is 0 Å². The van der Waals surface area contributed by atoms with Gasteiger partial charge in [0.15, 0.2) is 0 Å². The highest BCUT2D eigenvalue weighted by atomic mass is 16.6. The van der Waals surface area contributed by atoms with Crippen molar-refractivity contribution in [3.05, 3.63) is 42.0 Å². The summed E-state index contributed by atoms with van der Waals surface area (Å²) in [5.74, 6) is 1.02. The third-order valence-corrected chi connectivity index (χ3v) is 4.02. The summed E-state index contributed by atoms with van der Waals surface area (Å²) in [4.78, 5) is 0. The molecule has 0 aliphatic carbocycles. The Morgan fingerprint density at radius 2 is 1.86 bits per heavy atom. The molecule has 22 heavy (non-hydrogen) atoms. The predicted octanol–water partition coefficient (Wildman–Crippen LogP) is 5.31. The number of benzene rings is 1. The van der Waals surface area contributed by atoms with Crippen molar-refractivity contribution in [3.8, 4) is 5.75 Å². The maximum absolute atomic E-state index is 5.85. The normalized spacial score (nSPS) is 17.0. The topological polar surface area (TPSA) is 21.8 Å². The lowest BCUT2D eigenvalue weighted by Gasteiger charge is -2.09. The van der Waals surface area contributed by atoms with Crippen LogP contribution in [-0.4, -0.2) is 19.3 Å². The molecule has 0 bridgehead atoms. The van der Waals surface area contributed by atoms with Crippen molar-refractivity contribution < 1.29 is 9.47 Å². The summed E-state index contributed by atoms with van der Waals surface area (Å²) < 4.78 is 11.0. The van der Waals surface area contributed by atoms with Crippen molar-refractivity contribution in [1.29, 1.82) is 0 Å². The van der Waals surface area contributed by atoms with E-state index in [-0.39, 0.29) is 0 Å². The first-order chi connectivity index (χ1) is 10.9. The van der Waals surface area contributed by atoms with Crippen LogP contribution in [0.5, 0.6) is 5.75 Å². The highest BCUT2D eigenvalue weighted by Crippen LogP contribution is 2.21. The number of epoxide rings is 1. The van der Waals surface area contributed by atoms with Gasteiger partial charge in [-0.3, -0.25) is 0 Å². The predicted molar refractivity (Wildman–Crippen MR) is 92.5 cm³/mol. The van der Waals surface area contributed by atoms with Crippen LogP contribution in [0.2, 0.25) is 0 Å². The van der Waals surface area contributed by atoms with Crippen molar-refractivity contribution in [2.75, 3.05) is 13.2 Å². The molecule has 1 aliphatic heterocycles. The minimum absolute atomic E-state index is 0.320. The maximum atomic E-state index is 5.85. The van der Waals surface area contributed by atoms with Crippen LogP contribution in [0.15, 0.2) is 36.4 Å². The third kappa shape index (κ3) is 7.13. The van der Waals surface area contributed by atoms with Gasteiger partial charge in [-0.25, -0.2) is 0 Å². The lowest BCUT2D eigenvalue weighted by atomic mass is 10.1. The quantitative estimate of drug-likeness (QED) is 0.296. The summed E-state index contributed by atoms with van der Waals surface area (Å²) in [5, 5.41) is 0. The van der Waals surface area contributed by atoms with E-state index in [9.17, 15) is 0 Å². The fourth-order valence-electron chi connectivity index (χ4n) is 2.54. The van der Waals surface area contributed by atoms with Gasteiger partial charge in [-0.1, -0.05) is 63.0 Å². The van der Waals surface area contributed by atoms with Gasteiger partial charge in [0.05, 0.1) is 6.61 Å². The Kier molecular flexibility index (Phi) is 8.11. The zero-order valence-electron chi connectivity index (χ0n) is 13.9. The molecule has 0 saturated carbocycles. The molecule has 1 aromatic carbocycles. The van der Waals surface area contributed by atoms with E-state index in [1.54, 1.807) is 0 Å². The Balaban J connectivity index is 1.61. The van der Waals surface area contributed by atoms with Crippen LogP contribution >= 0.6 is 0 Å². The average molecular weight is 302 g/mol. The number of allylic oxidation sites excluding steroid dienone is 2.